The van der Waals surface area contributed by atoms with Crippen LogP contribution in [-0.4, -0.2) is 48.1 Å². The van der Waals surface area contributed by atoms with Crippen molar-refractivity contribution in [2.24, 2.45) is 0 Å². The summed E-state index contributed by atoms with van der Waals surface area (Å²) in [6, 6.07) is 2.13. The van der Waals surface area contributed by atoms with Crippen LogP contribution in [-0.2, 0) is 0 Å². The molecule has 1 unspecified atom stereocenters. The van der Waals surface area contributed by atoms with Gasteiger partial charge in [-0.3, -0.25) is 4.79 Å². The maximum atomic E-state index is 11.4. The molecule has 1 fully saturated rings. The first-order valence-electron chi connectivity index (χ1n) is 5.55. The Bertz CT molecular complexity index is 426. The number of aromatic amines is 1. The highest BCUT2D eigenvalue weighted by Crippen LogP contribution is 2.18. The fourth-order valence-corrected chi connectivity index (χ4v) is 2.10. The van der Waals surface area contributed by atoms with E-state index in [1.54, 1.807) is 6.07 Å². The Labute approximate surface area is 95.1 Å². The third-order valence-corrected chi connectivity index (χ3v) is 3.06. The van der Waals surface area contributed by atoms with Gasteiger partial charge in [0.25, 0.3) is 5.56 Å². The second-order valence-corrected chi connectivity index (χ2v) is 4.54. The van der Waals surface area contributed by atoms with Crippen molar-refractivity contribution in [3.8, 4) is 0 Å². The molecule has 16 heavy (non-hydrogen) atoms. The molecule has 0 radical (unpaired) electrons. The van der Waals surface area contributed by atoms with Crippen molar-refractivity contribution in [1.29, 1.82) is 0 Å². The van der Waals surface area contributed by atoms with Crippen LogP contribution >= 0.6 is 0 Å². The maximum Gasteiger partial charge on any atom is 0.252 e. The third kappa shape index (κ3) is 2.24. The molecule has 0 spiro atoms. The largest absolute Gasteiger partial charge is 0.355 e. The Kier molecular flexibility index (Phi) is 2.96. The minimum Gasteiger partial charge on any atom is -0.355 e. The zero-order valence-corrected chi connectivity index (χ0v) is 10.0. The molecule has 1 saturated heterocycles. The van der Waals surface area contributed by atoms with Crippen LogP contribution in [0.2, 0.25) is 0 Å². The lowest BCUT2D eigenvalue weighted by Gasteiger charge is -2.20. The van der Waals surface area contributed by atoms with Gasteiger partial charge in [0.2, 0.25) is 0 Å². The van der Waals surface area contributed by atoms with Crippen LogP contribution in [0, 0.1) is 6.92 Å². The van der Waals surface area contributed by atoms with Gasteiger partial charge in [0.15, 0.2) is 0 Å². The van der Waals surface area contributed by atoms with E-state index in [0.717, 1.165) is 25.3 Å². The quantitative estimate of drug-likeness (QED) is 0.777. The van der Waals surface area contributed by atoms with Gasteiger partial charge in [0.05, 0.1) is 0 Å². The SMILES string of the molecule is Cc1nc(N2CCC(N(C)C)C2)cc(=O)[nH]1. The van der Waals surface area contributed by atoms with Crippen LogP contribution in [0.15, 0.2) is 10.9 Å². The predicted octanol–water partition coefficient (Wildman–Crippen LogP) is 0.219. The number of nitrogens with one attached hydrogen (secondary N) is 1. The average molecular weight is 222 g/mol. The molecule has 1 atom stereocenters. The molecule has 5 nitrogen and oxygen atoms in total. The van der Waals surface area contributed by atoms with Crippen molar-refractivity contribution in [1.82, 2.24) is 14.9 Å². The summed E-state index contributed by atoms with van der Waals surface area (Å²) in [7, 11) is 4.18. The Balaban J connectivity index is 2.17. The van der Waals surface area contributed by atoms with Crippen molar-refractivity contribution in [2.75, 3.05) is 32.1 Å². The van der Waals surface area contributed by atoms with Crippen molar-refractivity contribution < 1.29 is 0 Å². The van der Waals surface area contributed by atoms with Crippen LogP contribution < -0.4 is 10.5 Å². The normalized spacial score (nSPS) is 20.8. The van der Waals surface area contributed by atoms with Gasteiger partial charge in [-0.1, -0.05) is 0 Å². The monoisotopic (exact) mass is 222 g/mol. The van der Waals surface area contributed by atoms with Crippen molar-refractivity contribution in [3.05, 3.63) is 22.2 Å². The molecule has 2 rings (SSSR count). The van der Waals surface area contributed by atoms with Crippen LogP contribution in [0.1, 0.15) is 12.2 Å². The number of rotatable bonds is 2. The van der Waals surface area contributed by atoms with Gasteiger partial charge in [-0.25, -0.2) is 4.98 Å². The van der Waals surface area contributed by atoms with Crippen LogP contribution in [0.25, 0.3) is 0 Å². The number of H-pyrrole nitrogens is 1. The fourth-order valence-electron chi connectivity index (χ4n) is 2.10. The van der Waals surface area contributed by atoms with Gasteiger partial charge < -0.3 is 14.8 Å². The molecule has 1 N–H and O–H groups in total. The molecule has 1 aliphatic rings. The van der Waals surface area contributed by atoms with Crippen LogP contribution in [0.3, 0.4) is 0 Å². The second kappa shape index (κ2) is 4.25. The number of anilines is 1. The van der Waals surface area contributed by atoms with Crippen molar-refractivity contribution >= 4 is 5.82 Å². The zero-order valence-electron chi connectivity index (χ0n) is 10.0. The molecule has 1 aliphatic heterocycles. The molecule has 0 aromatic carbocycles. The zero-order chi connectivity index (χ0) is 11.7. The smallest absolute Gasteiger partial charge is 0.252 e. The van der Waals surface area contributed by atoms with E-state index in [1.165, 1.54) is 0 Å². The summed E-state index contributed by atoms with van der Waals surface area (Å²) in [6.45, 7) is 3.73. The van der Waals surface area contributed by atoms with Gasteiger partial charge in [0.1, 0.15) is 11.6 Å². The first-order chi connectivity index (χ1) is 7.56. The molecule has 0 amide bonds. The summed E-state index contributed by atoms with van der Waals surface area (Å²) in [5.41, 5.74) is -0.0733. The molecule has 1 aromatic rings. The molecule has 5 heteroatoms. The van der Waals surface area contributed by atoms with Crippen molar-refractivity contribution in [2.45, 2.75) is 19.4 Å². The lowest BCUT2D eigenvalue weighted by molar-refractivity contribution is 0.315. The average Bonchev–Trinajstić information content (AvgIpc) is 2.64. The molecular weight excluding hydrogens is 204 g/mol. The lowest BCUT2D eigenvalue weighted by atomic mass is 10.2. The second-order valence-electron chi connectivity index (χ2n) is 4.54. The van der Waals surface area contributed by atoms with Crippen molar-refractivity contribution in [3.63, 3.8) is 0 Å². The highest BCUT2D eigenvalue weighted by Gasteiger charge is 2.25. The third-order valence-electron chi connectivity index (χ3n) is 3.06. The number of hydrogen-bond donors (Lipinski definition) is 1. The molecule has 2 heterocycles. The Hall–Kier alpha value is -1.36. The van der Waals surface area contributed by atoms with E-state index in [1.807, 2.05) is 6.92 Å². The number of aromatic nitrogens is 2. The molecule has 88 valence electrons. The minimum absolute atomic E-state index is 0.0733. The summed E-state index contributed by atoms with van der Waals surface area (Å²) < 4.78 is 0. The van der Waals surface area contributed by atoms with Gasteiger partial charge in [0, 0.05) is 25.2 Å². The van der Waals surface area contributed by atoms with E-state index in [0.29, 0.717) is 11.9 Å². The number of hydrogen-bond acceptors (Lipinski definition) is 4. The van der Waals surface area contributed by atoms with E-state index in [9.17, 15) is 4.79 Å². The van der Waals surface area contributed by atoms with E-state index in [2.05, 4.69) is 33.9 Å². The summed E-state index contributed by atoms with van der Waals surface area (Å²) in [6.07, 6.45) is 1.13. The molecule has 0 saturated carbocycles. The predicted molar refractivity (Wildman–Crippen MR) is 63.9 cm³/mol. The standard InChI is InChI=1S/C11H18N4O/c1-8-12-10(6-11(16)13-8)15-5-4-9(7-15)14(2)3/h6,9H,4-5,7H2,1-3H3,(H,12,13,16). The Morgan fingerprint density at radius 3 is 2.88 bits per heavy atom. The first-order valence-corrected chi connectivity index (χ1v) is 5.55. The van der Waals surface area contributed by atoms with E-state index < -0.39 is 0 Å². The van der Waals surface area contributed by atoms with Gasteiger partial charge >= 0.3 is 0 Å². The summed E-state index contributed by atoms with van der Waals surface area (Å²) >= 11 is 0. The Morgan fingerprint density at radius 2 is 2.31 bits per heavy atom. The summed E-state index contributed by atoms with van der Waals surface area (Å²) in [5.74, 6) is 1.47. The first kappa shape index (κ1) is 11.1. The van der Waals surface area contributed by atoms with E-state index in [-0.39, 0.29) is 5.56 Å². The maximum absolute atomic E-state index is 11.4. The lowest BCUT2D eigenvalue weighted by Crippen LogP contribution is -2.32. The molecular formula is C11H18N4O. The fraction of sp³-hybridized carbons (Fsp3) is 0.636. The van der Waals surface area contributed by atoms with E-state index in [4.69, 9.17) is 0 Å². The highest BCUT2D eigenvalue weighted by molar-refractivity contribution is 5.39. The molecule has 0 bridgehead atoms. The van der Waals surface area contributed by atoms with Gasteiger partial charge in [-0.2, -0.15) is 0 Å². The summed E-state index contributed by atoms with van der Waals surface area (Å²) in [5, 5.41) is 0. The number of aryl methyl sites for hydroxylation is 1. The van der Waals surface area contributed by atoms with Gasteiger partial charge in [-0.05, 0) is 27.4 Å². The molecule has 1 aromatic heterocycles. The summed E-state index contributed by atoms with van der Waals surface area (Å²) in [4.78, 5) is 22.8. The highest BCUT2D eigenvalue weighted by atomic mass is 16.1. The van der Waals surface area contributed by atoms with Gasteiger partial charge in [-0.15, -0.1) is 0 Å². The van der Waals surface area contributed by atoms with Crippen LogP contribution in [0.5, 0.6) is 0 Å². The number of likely N-dealkylation sites (N-methyl/N-ethyl adjacent to an activating group) is 1. The van der Waals surface area contributed by atoms with E-state index >= 15 is 0 Å². The van der Waals surface area contributed by atoms with Crippen LogP contribution in [0.4, 0.5) is 5.82 Å². The molecule has 0 aliphatic carbocycles. The topological polar surface area (TPSA) is 52.2 Å². The minimum atomic E-state index is -0.0733. The number of nitrogens with zero attached hydrogens (tertiary/aromatic N) is 3. The Morgan fingerprint density at radius 1 is 1.56 bits per heavy atom.